The molecule has 1 heterocycles. The summed E-state index contributed by atoms with van der Waals surface area (Å²) >= 11 is 0. The van der Waals surface area contributed by atoms with Crippen molar-refractivity contribution in [1.29, 1.82) is 0 Å². The van der Waals surface area contributed by atoms with E-state index in [2.05, 4.69) is 4.98 Å². The maximum absolute atomic E-state index is 10.8. The molecule has 0 saturated carbocycles. The molecule has 0 saturated heterocycles. The van der Waals surface area contributed by atoms with Crippen molar-refractivity contribution in [3.05, 3.63) is 47.8 Å². The molecule has 18 heavy (non-hydrogen) atoms. The summed E-state index contributed by atoms with van der Waals surface area (Å²) in [6.07, 6.45) is 1.52. The summed E-state index contributed by atoms with van der Waals surface area (Å²) in [6, 6.07) is 9.31. The fourth-order valence-corrected chi connectivity index (χ4v) is 1.67. The Morgan fingerprint density at radius 1 is 1.28 bits per heavy atom. The number of rotatable bonds is 3. The van der Waals surface area contributed by atoms with Crippen LogP contribution in [0.1, 0.15) is 16.1 Å². The molecule has 2 aromatic rings. The number of benzene rings is 1. The minimum absolute atomic E-state index is 0.0253. The van der Waals surface area contributed by atoms with Gasteiger partial charge in [0.1, 0.15) is 5.75 Å². The van der Waals surface area contributed by atoms with Gasteiger partial charge in [-0.1, -0.05) is 29.8 Å². The molecule has 1 N–H and O–H groups in total. The van der Waals surface area contributed by atoms with E-state index in [-0.39, 0.29) is 5.69 Å². The van der Waals surface area contributed by atoms with Crippen LogP contribution in [-0.4, -0.2) is 23.2 Å². The first-order valence-electron chi connectivity index (χ1n) is 5.46. The lowest BCUT2D eigenvalue weighted by Gasteiger charge is -2.09. The van der Waals surface area contributed by atoms with Gasteiger partial charge < -0.3 is 9.84 Å². The zero-order valence-electron chi connectivity index (χ0n) is 10.2. The molecule has 0 spiro atoms. The number of pyridine rings is 1. The van der Waals surface area contributed by atoms with E-state index in [1.165, 1.54) is 19.4 Å². The van der Waals surface area contributed by atoms with Gasteiger partial charge in [-0.05, 0) is 12.5 Å². The third-order valence-corrected chi connectivity index (χ3v) is 2.67. The van der Waals surface area contributed by atoms with Crippen LogP contribution in [0.15, 0.2) is 36.5 Å². The molecule has 0 radical (unpaired) electrons. The van der Waals surface area contributed by atoms with Gasteiger partial charge in [0.2, 0.25) is 0 Å². The Morgan fingerprint density at radius 2 is 1.94 bits per heavy atom. The van der Waals surface area contributed by atoms with Gasteiger partial charge in [0.15, 0.2) is 5.69 Å². The van der Waals surface area contributed by atoms with Crippen molar-refractivity contribution in [3.63, 3.8) is 0 Å². The second-order valence-electron chi connectivity index (χ2n) is 3.94. The van der Waals surface area contributed by atoms with E-state index in [1.807, 2.05) is 31.2 Å². The summed E-state index contributed by atoms with van der Waals surface area (Å²) in [7, 11) is 1.51. The summed E-state index contributed by atoms with van der Waals surface area (Å²) in [6.45, 7) is 2.01. The fraction of sp³-hybridized carbons (Fsp3) is 0.143. The third-order valence-electron chi connectivity index (χ3n) is 2.67. The van der Waals surface area contributed by atoms with Crippen LogP contribution in [0.3, 0.4) is 0 Å². The van der Waals surface area contributed by atoms with Crippen molar-refractivity contribution in [3.8, 4) is 16.9 Å². The summed E-state index contributed by atoms with van der Waals surface area (Å²) < 4.78 is 5.22. The number of carbonyl (C=O) groups is 1. The van der Waals surface area contributed by atoms with Crippen LogP contribution in [0.4, 0.5) is 0 Å². The van der Waals surface area contributed by atoms with Gasteiger partial charge in [0, 0.05) is 17.8 Å². The summed E-state index contributed by atoms with van der Waals surface area (Å²) in [5, 5.41) is 8.88. The van der Waals surface area contributed by atoms with Crippen molar-refractivity contribution >= 4 is 5.97 Å². The molecule has 0 atom stereocenters. The van der Waals surface area contributed by atoms with Crippen LogP contribution >= 0.6 is 0 Å². The first-order valence-corrected chi connectivity index (χ1v) is 5.46. The number of aromatic carboxylic acids is 1. The molecule has 0 aliphatic carbocycles. The van der Waals surface area contributed by atoms with Gasteiger partial charge in [-0.15, -0.1) is 0 Å². The van der Waals surface area contributed by atoms with Crippen LogP contribution < -0.4 is 4.74 Å². The predicted octanol–water partition coefficient (Wildman–Crippen LogP) is 2.76. The van der Waals surface area contributed by atoms with Gasteiger partial charge in [0.05, 0.1) is 7.11 Å². The quantitative estimate of drug-likeness (QED) is 0.900. The Balaban J connectivity index is 2.50. The number of aromatic nitrogens is 1. The summed E-state index contributed by atoms with van der Waals surface area (Å²) in [4.78, 5) is 14.7. The van der Waals surface area contributed by atoms with Gasteiger partial charge in [0.25, 0.3) is 0 Å². The van der Waals surface area contributed by atoms with Crippen LogP contribution in [0, 0.1) is 6.92 Å². The second kappa shape index (κ2) is 4.87. The maximum Gasteiger partial charge on any atom is 0.354 e. The molecule has 4 nitrogen and oxygen atoms in total. The topological polar surface area (TPSA) is 59.4 Å². The monoisotopic (exact) mass is 243 g/mol. The molecule has 2 rings (SSSR count). The smallest absolute Gasteiger partial charge is 0.354 e. The number of methoxy groups -OCH3 is 1. The number of hydrogen-bond donors (Lipinski definition) is 1. The number of carboxylic acids is 1. The van der Waals surface area contributed by atoms with E-state index in [0.29, 0.717) is 5.75 Å². The number of carboxylic acid groups (broad SMARTS) is 1. The van der Waals surface area contributed by atoms with Gasteiger partial charge in [-0.25, -0.2) is 9.78 Å². The lowest BCUT2D eigenvalue weighted by Crippen LogP contribution is -2.01. The number of ether oxygens (including phenoxy) is 1. The molecule has 1 aromatic heterocycles. The number of nitrogens with zero attached hydrogens (tertiary/aromatic N) is 1. The standard InChI is InChI=1S/C14H13NO3/c1-9-3-5-10(6-4-9)11-8-15-12(14(16)17)7-13(11)18-2/h3-8H,1-2H3,(H,16,17). The molecule has 0 aliphatic heterocycles. The van der Waals surface area contributed by atoms with E-state index in [1.54, 1.807) is 0 Å². The second-order valence-corrected chi connectivity index (χ2v) is 3.94. The van der Waals surface area contributed by atoms with E-state index in [0.717, 1.165) is 16.7 Å². The zero-order chi connectivity index (χ0) is 13.1. The summed E-state index contributed by atoms with van der Waals surface area (Å²) in [5.74, 6) is -0.560. The Bertz CT molecular complexity index is 576. The predicted molar refractivity (Wildman–Crippen MR) is 67.9 cm³/mol. The van der Waals surface area contributed by atoms with E-state index in [9.17, 15) is 4.79 Å². The van der Waals surface area contributed by atoms with Crippen LogP contribution in [0.2, 0.25) is 0 Å². The molecule has 4 heteroatoms. The molecular weight excluding hydrogens is 230 g/mol. The van der Waals surface area contributed by atoms with Gasteiger partial charge in [-0.2, -0.15) is 0 Å². The van der Waals surface area contributed by atoms with Crippen molar-refractivity contribution in [1.82, 2.24) is 4.98 Å². The van der Waals surface area contributed by atoms with E-state index < -0.39 is 5.97 Å². The van der Waals surface area contributed by atoms with Gasteiger partial charge >= 0.3 is 5.97 Å². The Labute approximate surface area is 105 Å². The largest absolute Gasteiger partial charge is 0.496 e. The highest BCUT2D eigenvalue weighted by molar-refractivity contribution is 5.87. The van der Waals surface area contributed by atoms with Crippen LogP contribution in [-0.2, 0) is 0 Å². The van der Waals surface area contributed by atoms with Crippen molar-refractivity contribution < 1.29 is 14.6 Å². The van der Waals surface area contributed by atoms with Crippen molar-refractivity contribution in [2.45, 2.75) is 6.92 Å². The molecule has 0 aliphatic rings. The van der Waals surface area contributed by atoms with E-state index in [4.69, 9.17) is 9.84 Å². The first kappa shape index (κ1) is 12.1. The third kappa shape index (κ3) is 2.32. The van der Waals surface area contributed by atoms with Crippen molar-refractivity contribution in [2.75, 3.05) is 7.11 Å². The molecular formula is C14H13NO3. The molecule has 0 amide bonds. The minimum atomic E-state index is -1.07. The Hall–Kier alpha value is -2.36. The fourth-order valence-electron chi connectivity index (χ4n) is 1.67. The van der Waals surface area contributed by atoms with Crippen LogP contribution in [0.5, 0.6) is 5.75 Å². The molecule has 0 bridgehead atoms. The Kier molecular flexibility index (Phi) is 3.28. The summed E-state index contributed by atoms with van der Waals surface area (Å²) in [5.41, 5.74) is 2.86. The normalized spacial score (nSPS) is 10.1. The number of aryl methyl sites for hydroxylation is 1. The Morgan fingerprint density at radius 3 is 2.50 bits per heavy atom. The lowest BCUT2D eigenvalue weighted by molar-refractivity contribution is 0.0690. The highest BCUT2D eigenvalue weighted by atomic mass is 16.5. The average Bonchev–Trinajstić information content (AvgIpc) is 2.39. The zero-order valence-corrected chi connectivity index (χ0v) is 10.2. The lowest BCUT2D eigenvalue weighted by atomic mass is 10.0. The van der Waals surface area contributed by atoms with Gasteiger partial charge in [-0.3, -0.25) is 0 Å². The van der Waals surface area contributed by atoms with Crippen LogP contribution in [0.25, 0.3) is 11.1 Å². The molecule has 0 fully saturated rings. The highest BCUT2D eigenvalue weighted by Crippen LogP contribution is 2.29. The molecule has 92 valence electrons. The van der Waals surface area contributed by atoms with Crippen molar-refractivity contribution in [2.24, 2.45) is 0 Å². The SMILES string of the molecule is COc1cc(C(=O)O)ncc1-c1ccc(C)cc1. The average molecular weight is 243 g/mol. The maximum atomic E-state index is 10.8. The van der Waals surface area contributed by atoms with E-state index >= 15 is 0 Å². The minimum Gasteiger partial charge on any atom is -0.496 e. The number of hydrogen-bond acceptors (Lipinski definition) is 3. The molecule has 1 aromatic carbocycles. The first-order chi connectivity index (χ1) is 8.61. The highest BCUT2D eigenvalue weighted by Gasteiger charge is 2.11. The molecule has 0 unspecified atom stereocenters.